The van der Waals surface area contributed by atoms with Gasteiger partial charge in [0.25, 0.3) is 0 Å². The van der Waals surface area contributed by atoms with Crippen molar-refractivity contribution in [3.05, 3.63) is 11.9 Å². The molecule has 5 nitrogen and oxygen atoms in total. The van der Waals surface area contributed by atoms with Gasteiger partial charge in [0.05, 0.1) is 7.11 Å². The number of rotatable bonds is 6. The minimum Gasteiger partial charge on any atom is -0.481 e. The number of aromatic nitrogens is 2. The van der Waals surface area contributed by atoms with Crippen molar-refractivity contribution < 1.29 is 8.95 Å². The second kappa shape index (κ2) is 6.42. The van der Waals surface area contributed by atoms with E-state index in [4.69, 9.17) is 4.74 Å². The maximum atomic E-state index is 11.2. The Balaban J connectivity index is 2.53. The zero-order valence-electron chi connectivity index (χ0n) is 9.82. The molecule has 90 valence electrons. The lowest BCUT2D eigenvalue weighted by Crippen LogP contribution is -2.13. The standard InChI is InChI=1S/C10H17N3O2S/c1-4-16(14)6-5-11-9-7-10(15-3)13-8(2)12-9/h7H,4-6H2,1-3H3,(H,11,12,13). The number of nitrogens with one attached hydrogen (secondary N) is 1. The third-order valence-electron chi connectivity index (χ3n) is 1.98. The van der Waals surface area contributed by atoms with Crippen molar-refractivity contribution in [3.8, 4) is 5.88 Å². The van der Waals surface area contributed by atoms with Gasteiger partial charge >= 0.3 is 0 Å². The number of hydrogen-bond acceptors (Lipinski definition) is 5. The van der Waals surface area contributed by atoms with Crippen LogP contribution in [0.5, 0.6) is 5.88 Å². The summed E-state index contributed by atoms with van der Waals surface area (Å²) >= 11 is 0. The van der Waals surface area contributed by atoms with Gasteiger partial charge in [0, 0.05) is 34.9 Å². The second-order valence-electron chi connectivity index (χ2n) is 3.20. The van der Waals surface area contributed by atoms with Crippen LogP contribution in [0.2, 0.25) is 0 Å². The van der Waals surface area contributed by atoms with E-state index >= 15 is 0 Å². The predicted molar refractivity (Wildman–Crippen MR) is 65.4 cm³/mol. The Labute approximate surface area is 98.1 Å². The number of ether oxygens (including phenoxy) is 1. The molecule has 0 fully saturated rings. The molecule has 0 bridgehead atoms. The number of nitrogens with zero attached hydrogens (tertiary/aromatic N) is 2. The molecule has 0 amide bonds. The highest BCUT2D eigenvalue weighted by molar-refractivity contribution is 7.84. The van der Waals surface area contributed by atoms with Crippen molar-refractivity contribution in [2.75, 3.05) is 30.5 Å². The Hall–Kier alpha value is -1.17. The van der Waals surface area contributed by atoms with Gasteiger partial charge in [0.1, 0.15) is 11.6 Å². The highest BCUT2D eigenvalue weighted by Crippen LogP contribution is 2.12. The van der Waals surface area contributed by atoms with Crippen LogP contribution in [-0.4, -0.2) is 39.3 Å². The second-order valence-corrected chi connectivity index (χ2v) is 5.07. The lowest BCUT2D eigenvalue weighted by molar-refractivity contribution is 0.396. The van der Waals surface area contributed by atoms with Crippen LogP contribution in [0.1, 0.15) is 12.7 Å². The van der Waals surface area contributed by atoms with E-state index in [1.165, 1.54) is 0 Å². The lowest BCUT2D eigenvalue weighted by atomic mass is 10.5. The van der Waals surface area contributed by atoms with Gasteiger partial charge < -0.3 is 10.1 Å². The minimum absolute atomic E-state index is 0.534. The summed E-state index contributed by atoms with van der Waals surface area (Å²) in [7, 11) is 0.817. The first-order valence-electron chi connectivity index (χ1n) is 5.14. The topological polar surface area (TPSA) is 64.1 Å². The van der Waals surface area contributed by atoms with E-state index in [0.717, 1.165) is 0 Å². The van der Waals surface area contributed by atoms with Gasteiger partial charge in [-0.2, -0.15) is 4.98 Å². The van der Waals surface area contributed by atoms with Gasteiger partial charge in [-0.3, -0.25) is 4.21 Å². The average molecular weight is 243 g/mol. The highest BCUT2D eigenvalue weighted by Gasteiger charge is 2.02. The molecule has 0 aromatic carbocycles. The van der Waals surface area contributed by atoms with Crippen LogP contribution >= 0.6 is 0 Å². The fourth-order valence-electron chi connectivity index (χ4n) is 1.17. The molecule has 0 saturated carbocycles. The molecule has 0 aliphatic rings. The summed E-state index contributed by atoms with van der Waals surface area (Å²) in [6.45, 7) is 4.35. The van der Waals surface area contributed by atoms with Crippen LogP contribution in [0.3, 0.4) is 0 Å². The van der Waals surface area contributed by atoms with Gasteiger partial charge in [0.2, 0.25) is 5.88 Å². The SMILES string of the molecule is CCS(=O)CCNc1cc(OC)nc(C)n1. The highest BCUT2D eigenvalue weighted by atomic mass is 32.2. The van der Waals surface area contributed by atoms with Crippen molar-refractivity contribution in [3.63, 3.8) is 0 Å². The fraction of sp³-hybridized carbons (Fsp3) is 0.600. The van der Waals surface area contributed by atoms with Crippen LogP contribution in [0.15, 0.2) is 6.07 Å². The lowest BCUT2D eigenvalue weighted by Gasteiger charge is -2.07. The monoisotopic (exact) mass is 243 g/mol. The molecule has 1 atom stereocenters. The minimum atomic E-state index is -0.750. The molecule has 1 aromatic rings. The normalized spacial score (nSPS) is 12.2. The summed E-state index contributed by atoms with van der Waals surface area (Å²) in [5.74, 6) is 3.21. The van der Waals surface area contributed by atoms with Crippen LogP contribution in [-0.2, 0) is 10.8 Å². The van der Waals surface area contributed by atoms with E-state index in [1.807, 2.05) is 6.92 Å². The quantitative estimate of drug-likeness (QED) is 0.806. The van der Waals surface area contributed by atoms with E-state index in [2.05, 4.69) is 15.3 Å². The van der Waals surface area contributed by atoms with E-state index in [1.54, 1.807) is 20.1 Å². The molecule has 0 aliphatic carbocycles. The van der Waals surface area contributed by atoms with Crippen molar-refractivity contribution in [1.29, 1.82) is 0 Å². The van der Waals surface area contributed by atoms with Crippen LogP contribution in [0, 0.1) is 6.92 Å². The van der Waals surface area contributed by atoms with Crippen molar-refractivity contribution in [1.82, 2.24) is 9.97 Å². The summed E-state index contributed by atoms with van der Waals surface area (Å²) in [6.07, 6.45) is 0. The number of anilines is 1. The molecule has 0 saturated heterocycles. The summed E-state index contributed by atoms with van der Waals surface area (Å²) in [6, 6.07) is 1.72. The largest absolute Gasteiger partial charge is 0.481 e. The van der Waals surface area contributed by atoms with Crippen molar-refractivity contribution >= 4 is 16.6 Å². The smallest absolute Gasteiger partial charge is 0.218 e. The van der Waals surface area contributed by atoms with Gasteiger partial charge in [-0.15, -0.1) is 0 Å². The van der Waals surface area contributed by atoms with Crippen LogP contribution in [0.25, 0.3) is 0 Å². The number of methoxy groups -OCH3 is 1. The maximum Gasteiger partial charge on any atom is 0.218 e. The van der Waals surface area contributed by atoms with Gasteiger partial charge in [-0.1, -0.05) is 6.92 Å². The number of hydrogen-bond donors (Lipinski definition) is 1. The Bertz CT molecular complexity index is 371. The molecule has 1 rings (SSSR count). The summed E-state index contributed by atoms with van der Waals surface area (Å²) in [5, 5.41) is 3.10. The molecule has 6 heteroatoms. The van der Waals surface area contributed by atoms with Gasteiger partial charge in [-0.25, -0.2) is 4.98 Å². The Morgan fingerprint density at radius 2 is 2.25 bits per heavy atom. The maximum absolute atomic E-state index is 11.2. The molecule has 16 heavy (non-hydrogen) atoms. The van der Waals surface area contributed by atoms with Crippen LogP contribution in [0.4, 0.5) is 5.82 Å². The van der Waals surface area contributed by atoms with Crippen LogP contribution < -0.4 is 10.1 Å². The van der Waals surface area contributed by atoms with E-state index in [-0.39, 0.29) is 0 Å². The number of aryl methyl sites for hydroxylation is 1. The molecule has 1 heterocycles. The fourth-order valence-corrected chi connectivity index (χ4v) is 1.79. The molecule has 1 unspecified atom stereocenters. The first-order chi connectivity index (χ1) is 7.65. The zero-order chi connectivity index (χ0) is 12.0. The van der Waals surface area contributed by atoms with Crippen molar-refractivity contribution in [2.24, 2.45) is 0 Å². The molecule has 0 spiro atoms. The molecule has 0 aliphatic heterocycles. The molecular weight excluding hydrogens is 226 g/mol. The Morgan fingerprint density at radius 1 is 1.50 bits per heavy atom. The van der Waals surface area contributed by atoms with Gasteiger partial charge in [-0.05, 0) is 6.92 Å². The molecular formula is C10H17N3O2S. The first kappa shape index (κ1) is 12.9. The predicted octanol–water partition coefficient (Wildman–Crippen LogP) is 0.974. The molecule has 1 N–H and O–H groups in total. The summed E-state index contributed by atoms with van der Waals surface area (Å²) in [5.41, 5.74) is 0. The third kappa shape index (κ3) is 4.14. The first-order valence-corrected chi connectivity index (χ1v) is 6.63. The molecule has 1 aromatic heterocycles. The zero-order valence-corrected chi connectivity index (χ0v) is 10.6. The average Bonchev–Trinajstić information content (AvgIpc) is 2.28. The summed E-state index contributed by atoms with van der Waals surface area (Å²) < 4.78 is 16.2. The van der Waals surface area contributed by atoms with E-state index in [9.17, 15) is 4.21 Å². The van der Waals surface area contributed by atoms with E-state index < -0.39 is 10.8 Å². The Morgan fingerprint density at radius 3 is 2.88 bits per heavy atom. The van der Waals surface area contributed by atoms with E-state index in [0.29, 0.717) is 35.6 Å². The summed E-state index contributed by atoms with van der Waals surface area (Å²) in [4.78, 5) is 8.28. The third-order valence-corrected chi connectivity index (χ3v) is 3.28. The Kier molecular flexibility index (Phi) is 5.18. The molecule has 0 radical (unpaired) electrons. The van der Waals surface area contributed by atoms with Gasteiger partial charge in [0.15, 0.2) is 0 Å². The van der Waals surface area contributed by atoms with Crippen molar-refractivity contribution in [2.45, 2.75) is 13.8 Å².